The second kappa shape index (κ2) is 9.37. The SMILES string of the molecule is c1ccc(-c2cc(-c3ccccc3)nc(-c3cccc(-n4c5c(c6ccccc64)-c4cccc6cccc-5c46)c3)n2)cc1. The Morgan fingerprint density at radius 2 is 1.07 bits per heavy atom. The molecule has 1 aliphatic rings. The van der Waals surface area contributed by atoms with Gasteiger partial charge >= 0.3 is 0 Å². The maximum absolute atomic E-state index is 5.10. The van der Waals surface area contributed by atoms with E-state index in [4.69, 9.17) is 9.97 Å². The molecule has 200 valence electrons. The number of benzene rings is 6. The first-order valence-corrected chi connectivity index (χ1v) is 14.6. The van der Waals surface area contributed by atoms with Gasteiger partial charge in [-0.25, -0.2) is 9.97 Å². The topological polar surface area (TPSA) is 30.7 Å². The van der Waals surface area contributed by atoms with Crippen LogP contribution in [-0.4, -0.2) is 14.5 Å². The van der Waals surface area contributed by atoms with E-state index in [2.05, 4.69) is 144 Å². The fraction of sp³-hybridized carbons (Fsp3) is 0. The van der Waals surface area contributed by atoms with Crippen molar-refractivity contribution >= 4 is 21.7 Å². The summed E-state index contributed by atoms with van der Waals surface area (Å²) in [4.78, 5) is 10.2. The lowest BCUT2D eigenvalue weighted by Gasteiger charge is -2.14. The average molecular weight is 548 g/mol. The normalized spacial score (nSPS) is 11.7. The van der Waals surface area contributed by atoms with Gasteiger partial charge in [-0.05, 0) is 40.6 Å². The average Bonchev–Trinajstić information content (AvgIpc) is 3.60. The van der Waals surface area contributed by atoms with Gasteiger partial charge in [0.2, 0.25) is 0 Å². The highest BCUT2D eigenvalue weighted by Crippen LogP contribution is 2.52. The zero-order valence-electron chi connectivity index (χ0n) is 23.3. The number of hydrogen-bond acceptors (Lipinski definition) is 2. The fourth-order valence-corrected chi connectivity index (χ4v) is 6.66. The van der Waals surface area contributed by atoms with E-state index in [-0.39, 0.29) is 0 Å². The second-order valence-corrected chi connectivity index (χ2v) is 11.0. The first kappa shape index (κ1) is 23.9. The third-order valence-corrected chi connectivity index (χ3v) is 8.53. The highest BCUT2D eigenvalue weighted by molar-refractivity contribution is 6.21. The molecule has 2 heterocycles. The van der Waals surface area contributed by atoms with Gasteiger partial charge in [-0.3, -0.25) is 0 Å². The van der Waals surface area contributed by atoms with E-state index in [0.29, 0.717) is 5.82 Å². The zero-order valence-corrected chi connectivity index (χ0v) is 23.3. The Morgan fingerprint density at radius 1 is 0.465 bits per heavy atom. The van der Waals surface area contributed by atoms with E-state index in [0.717, 1.165) is 33.8 Å². The molecule has 0 aliphatic heterocycles. The van der Waals surface area contributed by atoms with Gasteiger partial charge in [0, 0.05) is 38.9 Å². The van der Waals surface area contributed by atoms with Crippen LogP contribution in [0.4, 0.5) is 0 Å². The van der Waals surface area contributed by atoms with Crippen molar-refractivity contribution in [1.29, 1.82) is 0 Å². The van der Waals surface area contributed by atoms with Crippen LogP contribution in [0, 0.1) is 0 Å². The standard InChI is InChI=1S/C40H25N3/c1-3-12-26(13-4-1)34-25-35(27-14-5-2-6-15-27)42-40(41-34)29-18-9-19-30(24-29)43-36-23-8-7-20-31(36)38-32-21-10-16-28-17-11-22-33(37(28)32)39(38)43/h1-25H. The summed E-state index contributed by atoms with van der Waals surface area (Å²) < 4.78 is 2.42. The molecule has 6 aromatic carbocycles. The lowest BCUT2D eigenvalue weighted by molar-refractivity contribution is 1.13. The molecule has 2 aromatic heterocycles. The van der Waals surface area contributed by atoms with Crippen molar-refractivity contribution in [3.63, 3.8) is 0 Å². The predicted octanol–water partition coefficient (Wildman–Crippen LogP) is 10.2. The Labute approximate surface area is 249 Å². The molecule has 0 N–H and O–H groups in total. The van der Waals surface area contributed by atoms with Crippen LogP contribution >= 0.6 is 0 Å². The minimum Gasteiger partial charge on any atom is -0.309 e. The minimum atomic E-state index is 0.709. The highest BCUT2D eigenvalue weighted by Gasteiger charge is 2.29. The molecule has 0 atom stereocenters. The summed E-state index contributed by atoms with van der Waals surface area (Å²) in [6.45, 7) is 0. The van der Waals surface area contributed by atoms with Crippen LogP contribution < -0.4 is 0 Å². The fourth-order valence-electron chi connectivity index (χ4n) is 6.66. The van der Waals surface area contributed by atoms with Crippen molar-refractivity contribution in [2.24, 2.45) is 0 Å². The van der Waals surface area contributed by atoms with Crippen LogP contribution in [0.5, 0.6) is 0 Å². The molecule has 0 saturated heterocycles. The van der Waals surface area contributed by atoms with Crippen LogP contribution in [0.1, 0.15) is 0 Å². The van der Waals surface area contributed by atoms with Crippen molar-refractivity contribution in [2.75, 3.05) is 0 Å². The van der Waals surface area contributed by atoms with Gasteiger partial charge in [0.15, 0.2) is 5.82 Å². The minimum absolute atomic E-state index is 0.709. The molecule has 1 aliphatic carbocycles. The maximum atomic E-state index is 5.10. The lowest BCUT2D eigenvalue weighted by atomic mass is 10.0. The van der Waals surface area contributed by atoms with Gasteiger partial charge in [0.1, 0.15) is 0 Å². The van der Waals surface area contributed by atoms with Crippen molar-refractivity contribution in [3.05, 3.63) is 152 Å². The first-order valence-electron chi connectivity index (χ1n) is 14.6. The number of hydrogen-bond donors (Lipinski definition) is 0. The summed E-state index contributed by atoms with van der Waals surface area (Å²) in [6.07, 6.45) is 0. The molecule has 3 nitrogen and oxygen atoms in total. The van der Waals surface area contributed by atoms with Gasteiger partial charge < -0.3 is 4.57 Å². The van der Waals surface area contributed by atoms with Gasteiger partial charge in [-0.15, -0.1) is 0 Å². The number of rotatable bonds is 4. The van der Waals surface area contributed by atoms with Crippen LogP contribution in [-0.2, 0) is 0 Å². The number of aromatic nitrogens is 3. The number of para-hydroxylation sites is 1. The molecule has 8 aromatic rings. The zero-order chi connectivity index (χ0) is 28.3. The Balaban J connectivity index is 1.28. The highest BCUT2D eigenvalue weighted by atomic mass is 15.0. The molecule has 0 fully saturated rings. The van der Waals surface area contributed by atoms with Gasteiger partial charge in [-0.1, -0.05) is 127 Å². The Morgan fingerprint density at radius 3 is 1.79 bits per heavy atom. The maximum Gasteiger partial charge on any atom is 0.160 e. The van der Waals surface area contributed by atoms with Crippen molar-refractivity contribution in [3.8, 4) is 62.0 Å². The smallest absolute Gasteiger partial charge is 0.160 e. The third kappa shape index (κ3) is 3.68. The van der Waals surface area contributed by atoms with Crippen LogP contribution in [0.25, 0.3) is 83.6 Å². The Bertz CT molecular complexity index is 2270. The van der Waals surface area contributed by atoms with E-state index in [9.17, 15) is 0 Å². The molecule has 0 bridgehead atoms. The summed E-state index contributed by atoms with van der Waals surface area (Å²) >= 11 is 0. The van der Waals surface area contributed by atoms with E-state index < -0.39 is 0 Å². The molecule has 0 saturated carbocycles. The monoisotopic (exact) mass is 547 g/mol. The molecule has 9 rings (SSSR count). The summed E-state index contributed by atoms with van der Waals surface area (Å²) in [7, 11) is 0. The van der Waals surface area contributed by atoms with Crippen molar-refractivity contribution < 1.29 is 0 Å². The van der Waals surface area contributed by atoms with E-state index in [1.54, 1.807) is 0 Å². The molecule has 43 heavy (non-hydrogen) atoms. The second-order valence-electron chi connectivity index (χ2n) is 11.0. The summed E-state index contributed by atoms with van der Waals surface area (Å²) in [5, 5.41) is 3.87. The van der Waals surface area contributed by atoms with Crippen LogP contribution in [0.15, 0.2) is 152 Å². The Hall–Kier alpha value is -5.80. The van der Waals surface area contributed by atoms with Gasteiger partial charge in [-0.2, -0.15) is 0 Å². The molecule has 0 radical (unpaired) electrons. The first-order chi connectivity index (χ1) is 21.3. The predicted molar refractivity (Wildman–Crippen MR) is 177 cm³/mol. The van der Waals surface area contributed by atoms with Gasteiger partial charge in [0.25, 0.3) is 0 Å². The van der Waals surface area contributed by atoms with E-state index >= 15 is 0 Å². The third-order valence-electron chi connectivity index (χ3n) is 8.53. The van der Waals surface area contributed by atoms with Gasteiger partial charge in [0.05, 0.1) is 22.6 Å². The van der Waals surface area contributed by atoms with Crippen molar-refractivity contribution in [2.45, 2.75) is 0 Å². The Kier molecular flexibility index (Phi) is 5.20. The van der Waals surface area contributed by atoms with E-state index in [1.165, 1.54) is 44.1 Å². The van der Waals surface area contributed by atoms with E-state index in [1.807, 2.05) is 12.1 Å². The molecule has 0 spiro atoms. The molecular weight excluding hydrogens is 522 g/mol. The largest absolute Gasteiger partial charge is 0.309 e. The summed E-state index contributed by atoms with van der Waals surface area (Å²) in [5.41, 5.74) is 12.4. The number of nitrogens with zero attached hydrogens (tertiary/aromatic N) is 3. The molecule has 0 unspecified atom stereocenters. The summed E-state index contributed by atoms with van der Waals surface area (Å²) in [5.74, 6) is 0.709. The lowest BCUT2D eigenvalue weighted by Crippen LogP contribution is -1.99. The summed E-state index contributed by atoms with van der Waals surface area (Å²) in [6, 6.07) is 53.5. The molecular formula is C40H25N3. The number of fused-ring (bicyclic) bond motifs is 5. The molecule has 3 heteroatoms. The molecule has 0 amide bonds. The van der Waals surface area contributed by atoms with Crippen LogP contribution in [0.3, 0.4) is 0 Å². The quantitative estimate of drug-likeness (QED) is 0.219. The van der Waals surface area contributed by atoms with Crippen molar-refractivity contribution in [1.82, 2.24) is 14.5 Å². The van der Waals surface area contributed by atoms with Crippen LogP contribution in [0.2, 0.25) is 0 Å².